The summed E-state index contributed by atoms with van der Waals surface area (Å²) in [6, 6.07) is 14.5. The van der Waals surface area contributed by atoms with Gasteiger partial charge in [0.1, 0.15) is 5.75 Å². The van der Waals surface area contributed by atoms with Crippen LogP contribution >= 0.6 is 0 Å². The SMILES string of the molecule is COc1ccc(-c2ccc(C(=O)/C=C(\O)CCC(=O)O)cc2)cc1. The molecule has 2 rings (SSSR count). The van der Waals surface area contributed by atoms with Gasteiger partial charge >= 0.3 is 5.97 Å². The number of aliphatic carboxylic acids is 1. The van der Waals surface area contributed by atoms with E-state index in [0.717, 1.165) is 23.0 Å². The molecule has 5 heteroatoms. The van der Waals surface area contributed by atoms with Crippen LogP contribution in [-0.2, 0) is 4.79 Å². The van der Waals surface area contributed by atoms with Crippen molar-refractivity contribution >= 4 is 11.8 Å². The molecule has 0 aromatic heterocycles. The molecule has 0 radical (unpaired) electrons. The lowest BCUT2D eigenvalue weighted by atomic mass is 10.0. The predicted molar refractivity (Wildman–Crippen MR) is 90.3 cm³/mol. The maximum atomic E-state index is 12.0. The number of aliphatic hydroxyl groups excluding tert-OH is 1. The van der Waals surface area contributed by atoms with Gasteiger partial charge in [0.15, 0.2) is 5.78 Å². The zero-order valence-electron chi connectivity index (χ0n) is 13.2. The fraction of sp³-hybridized carbons (Fsp3) is 0.158. The Morgan fingerprint density at radius 3 is 1.96 bits per heavy atom. The molecule has 2 aromatic rings. The molecule has 0 bridgehead atoms. The summed E-state index contributed by atoms with van der Waals surface area (Å²) < 4.78 is 5.12. The van der Waals surface area contributed by atoms with E-state index < -0.39 is 5.97 Å². The van der Waals surface area contributed by atoms with E-state index in [0.29, 0.717) is 5.56 Å². The molecule has 0 aliphatic heterocycles. The van der Waals surface area contributed by atoms with Crippen LogP contribution in [0.2, 0.25) is 0 Å². The number of hydrogen-bond donors (Lipinski definition) is 2. The van der Waals surface area contributed by atoms with Crippen molar-refractivity contribution in [1.82, 2.24) is 0 Å². The second-order valence-corrected chi connectivity index (χ2v) is 5.20. The monoisotopic (exact) mass is 326 g/mol. The van der Waals surface area contributed by atoms with Gasteiger partial charge in [0.25, 0.3) is 0 Å². The fourth-order valence-electron chi connectivity index (χ4n) is 2.15. The topological polar surface area (TPSA) is 83.8 Å². The van der Waals surface area contributed by atoms with Crippen LogP contribution in [0.5, 0.6) is 5.75 Å². The first kappa shape index (κ1) is 17.3. The van der Waals surface area contributed by atoms with Crippen molar-refractivity contribution in [3.8, 4) is 16.9 Å². The maximum absolute atomic E-state index is 12.0. The quantitative estimate of drug-likeness (QED) is 0.459. The number of ether oxygens (including phenoxy) is 1. The van der Waals surface area contributed by atoms with Gasteiger partial charge in [0.2, 0.25) is 0 Å². The molecule has 2 aromatic carbocycles. The zero-order chi connectivity index (χ0) is 17.5. The number of hydrogen-bond acceptors (Lipinski definition) is 4. The lowest BCUT2D eigenvalue weighted by molar-refractivity contribution is -0.137. The number of ketones is 1. The Labute approximate surface area is 139 Å². The predicted octanol–water partition coefficient (Wildman–Crippen LogP) is 3.85. The van der Waals surface area contributed by atoms with Gasteiger partial charge in [0, 0.05) is 18.1 Å². The van der Waals surface area contributed by atoms with E-state index in [1.165, 1.54) is 0 Å². The molecule has 0 aliphatic carbocycles. The molecule has 0 heterocycles. The second-order valence-electron chi connectivity index (χ2n) is 5.20. The molecule has 0 saturated carbocycles. The normalized spacial score (nSPS) is 11.1. The minimum Gasteiger partial charge on any atom is -0.512 e. The number of carbonyl (C=O) groups excluding carboxylic acids is 1. The average Bonchev–Trinajstić information content (AvgIpc) is 2.60. The molecule has 0 spiro atoms. The first-order valence-electron chi connectivity index (χ1n) is 7.40. The largest absolute Gasteiger partial charge is 0.512 e. The van der Waals surface area contributed by atoms with Gasteiger partial charge in [0.05, 0.1) is 19.3 Å². The van der Waals surface area contributed by atoms with Gasteiger partial charge in [-0.2, -0.15) is 0 Å². The minimum atomic E-state index is -1.02. The molecular formula is C19H18O5. The zero-order valence-corrected chi connectivity index (χ0v) is 13.2. The summed E-state index contributed by atoms with van der Waals surface area (Å²) in [5, 5.41) is 18.1. The van der Waals surface area contributed by atoms with E-state index in [-0.39, 0.29) is 24.4 Å². The first-order valence-corrected chi connectivity index (χ1v) is 7.40. The summed E-state index contributed by atoms with van der Waals surface area (Å²) in [6.45, 7) is 0. The number of benzene rings is 2. The number of carboxylic acid groups (broad SMARTS) is 1. The molecule has 0 fully saturated rings. The van der Waals surface area contributed by atoms with Crippen molar-refractivity contribution in [2.24, 2.45) is 0 Å². The molecule has 2 N–H and O–H groups in total. The van der Waals surface area contributed by atoms with Gasteiger partial charge in [-0.1, -0.05) is 36.4 Å². The number of carbonyl (C=O) groups is 2. The van der Waals surface area contributed by atoms with Crippen LogP contribution < -0.4 is 4.74 Å². The summed E-state index contributed by atoms with van der Waals surface area (Å²) in [5.41, 5.74) is 2.37. The Hall–Kier alpha value is -3.08. The Balaban J connectivity index is 2.09. The maximum Gasteiger partial charge on any atom is 0.303 e. The molecular weight excluding hydrogens is 308 g/mol. The van der Waals surface area contributed by atoms with Crippen molar-refractivity contribution in [3.05, 3.63) is 65.9 Å². The van der Waals surface area contributed by atoms with Crippen LogP contribution in [0.15, 0.2) is 60.4 Å². The third kappa shape index (κ3) is 4.71. The highest BCUT2D eigenvalue weighted by molar-refractivity contribution is 6.05. The fourth-order valence-corrected chi connectivity index (χ4v) is 2.15. The van der Waals surface area contributed by atoms with Crippen molar-refractivity contribution in [1.29, 1.82) is 0 Å². The standard InChI is InChI=1S/C19H18O5/c1-24-17-9-6-14(7-10-17)13-2-4-15(5-3-13)18(21)12-16(20)8-11-19(22)23/h2-7,9-10,12,20H,8,11H2,1H3,(H,22,23)/b16-12-. The highest BCUT2D eigenvalue weighted by Crippen LogP contribution is 2.23. The van der Waals surface area contributed by atoms with E-state index >= 15 is 0 Å². The van der Waals surface area contributed by atoms with Crippen molar-refractivity contribution in [2.75, 3.05) is 7.11 Å². The van der Waals surface area contributed by atoms with E-state index in [9.17, 15) is 14.7 Å². The molecule has 0 saturated heterocycles. The molecule has 0 amide bonds. The molecule has 124 valence electrons. The van der Waals surface area contributed by atoms with Gasteiger partial charge in [-0.05, 0) is 23.3 Å². The summed E-state index contributed by atoms with van der Waals surface area (Å²) in [5.74, 6) is -0.848. The van der Waals surface area contributed by atoms with Crippen molar-refractivity contribution < 1.29 is 24.5 Å². The van der Waals surface area contributed by atoms with Crippen molar-refractivity contribution in [3.63, 3.8) is 0 Å². The minimum absolute atomic E-state index is 0.0645. The summed E-state index contributed by atoms with van der Waals surface area (Å²) in [6.07, 6.45) is 0.780. The van der Waals surface area contributed by atoms with Crippen LogP contribution in [0.3, 0.4) is 0 Å². The summed E-state index contributed by atoms with van der Waals surface area (Å²) in [7, 11) is 1.61. The molecule has 5 nitrogen and oxygen atoms in total. The van der Waals surface area contributed by atoms with E-state index in [1.807, 2.05) is 36.4 Å². The van der Waals surface area contributed by atoms with Crippen LogP contribution in [0.25, 0.3) is 11.1 Å². The van der Waals surface area contributed by atoms with Gasteiger partial charge in [-0.15, -0.1) is 0 Å². The Morgan fingerprint density at radius 1 is 0.917 bits per heavy atom. The molecule has 0 unspecified atom stereocenters. The smallest absolute Gasteiger partial charge is 0.303 e. The first-order chi connectivity index (χ1) is 11.5. The van der Waals surface area contributed by atoms with Crippen LogP contribution in [0, 0.1) is 0 Å². The summed E-state index contributed by atoms with van der Waals surface area (Å²) >= 11 is 0. The number of rotatable bonds is 7. The number of methoxy groups -OCH3 is 1. The lowest BCUT2D eigenvalue weighted by Gasteiger charge is -2.05. The number of aliphatic hydroxyl groups is 1. The third-order valence-electron chi connectivity index (χ3n) is 3.49. The van der Waals surface area contributed by atoms with Crippen LogP contribution in [0.1, 0.15) is 23.2 Å². The van der Waals surface area contributed by atoms with Gasteiger partial charge in [-0.3, -0.25) is 9.59 Å². The second kappa shape index (κ2) is 7.97. The number of carboxylic acids is 1. The lowest BCUT2D eigenvalue weighted by Crippen LogP contribution is -1.99. The number of allylic oxidation sites excluding steroid dienone is 2. The van der Waals surface area contributed by atoms with E-state index in [2.05, 4.69) is 0 Å². The van der Waals surface area contributed by atoms with E-state index in [4.69, 9.17) is 9.84 Å². The van der Waals surface area contributed by atoms with Crippen molar-refractivity contribution in [2.45, 2.75) is 12.8 Å². The van der Waals surface area contributed by atoms with Crippen LogP contribution in [0.4, 0.5) is 0 Å². The highest BCUT2D eigenvalue weighted by atomic mass is 16.5. The van der Waals surface area contributed by atoms with Gasteiger partial charge in [-0.25, -0.2) is 0 Å². The molecule has 24 heavy (non-hydrogen) atoms. The Morgan fingerprint density at radius 2 is 1.46 bits per heavy atom. The van der Waals surface area contributed by atoms with Gasteiger partial charge < -0.3 is 14.9 Å². The highest BCUT2D eigenvalue weighted by Gasteiger charge is 2.07. The Bertz CT molecular complexity index is 742. The van der Waals surface area contributed by atoms with E-state index in [1.54, 1.807) is 19.2 Å². The third-order valence-corrected chi connectivity index (χ3v) is 3.49. The molecule has 0 atom stereocenters. The molecule has 0 aliphatic rings. The van der Waals surface area contributed by atoms with Crippen LogP contribution in [-0.4, -0.2) is 29.1 Å². The average molecular weight is 326 g/mol. The summed E-state index contributed by atoms with van der Waals surface area (Å²) in [4.78, 5) is 22.5. The Kier molecular flexibility index (Phi) is 5.73.